The molecule has 2 N–H and O–H groups in total. The zero-order valence-electron chi connectivity index (χ0n) is 8.54. The summed E-state index contributed by atoms with van der Waals surface area (Å²) in [7, 11) is -1.93. The summed E-state index contributed by atoms with van der Waals surface area (Å²) in [5, 5.41) is 17.8. The molecule has 0 aromatic heterocycles. The van der Waals surface area contributed by atoms with E-state index in [4.69, 9.17) is 10.0 Å². The van der Waals surface area contributed by atoms with Crippen molar-refractivity contribution < 1.29 is 32.3 Å². The molecular formula is C9H9BF4O3. The highest BCUT2D eigenvalue weighted by Gasteiger charge is 2.27. The quantitative estimate of drug-likeness (QED) is 0.616. The number of hydrogen-bond acceptors (Lipinski definition) is 3. The fourth-order valence-electron chi connectivity index (χ4n) is 1.12. The summed E-state index contributed by atoms with van der Waals surface area (Å²) in [6.07, 6.45) is -5.59. The molecule has 0 amide bonds. The van der Waals surface area contributed by atoms with E-state index < -0.39 is 32.1 Å². The number of hydrogen-bond donors (Lipinski definition) is 2. The molecule has 0 fully saturated rings. The molecule has 17 heavy (non-hydrogen) atoms. The molecule has 0 aliphatic rings. The Labute approximate surface area is 94.8 Å². The Hall–Kier alpha value is -1.28. The molecule has 3 nitrogen and oxygen atoms in total. The van der Waals surface area contributed by atoms with Gasteiger partial charge in [-0.25, -0.2) is 4.39 Å². The minimum atomic E-state index is -4.38. The highest BCUT2D eigenvalue weighted by atomic mass is 19.4. The van der Waals surface area contributed by atoms with Crippen molar-refractivity contribution in [2.75, 3.05) is 6.61 Å². The average Bonchev–Trinajstić information content (AvgIpc) is 2.15. The first-order chi connectivity index (χ1) is 7.79. The van der Waals surface area contributed by atoms with E-state index in [-0.39, 0.29) is 11.2 Å². The topological polar surface area (TPSA) is 49.7 Å². The van der Waals surface area contributed by atoms with E-state index in [0.29, 0.717) is 0 Å². The standard InChI is InChI=1S/C9H9BF4O3/c11-6-1-2-7(10(15)16)8(5-6)17-4-3-9(12,13)14/h1-2,5,15-16H,3-4H2. The third kappa shape index (κ3) is 4.62. The van der Waals surface area contributed by atoms with Gasteiger partial charge in [-0.1, -0.05) is 6.07 Å². The van der Waals surface area contributed by atoms with Crippen molar-refractivity contribution >= 4 is 12.6 Å². The predicted molar refractivity (Wildman–Crippen MR) is 52.4 cm³/mol. The van der Waals surface area contributed by atoms with Gasteiger partial charge < -0.3 is 14.8 Å². The van der Waals surface area contributed by atoms with Crippen LogP contribution in [0.1, 0.15) is 6.42 Å². The first-order valence-electron chi connectivity index (χ1n) is 4.65. The Morgan fingerprint density at radius 1 is 1.24 bits per heavy atom. The molecule has 0 bridgehead atoms. The minimum absolute atomic E-state index is 0.187. The molecule has 0 heterocycles. The largest absolute Gasteiger partial charge is 0.493 e. The molecule has 0 atom stereocenters. The summed E-state index contributed by atoms with van der Waals surface area (Å²) in [5.41, 5.74) is -0.187. The van der Waals surface area contributed by atoms with Crippen LogP contribution < -0.4 is 10.2 Å². The lowest BCUT2D eigenvalue weighted by Crippen LogP contribution is -2.32. The first-order valence-corrected chi connectivity index (χ1v) is 4.65. The molecule has 94 valence electrons. The smallest absolute Gasteiger partial charge is 0.492 e. The molecule has 0 aliphatic carbocycles. The fraction of sp³-hybridized carbons (Fsp3) is 0.333. The number of benzene rings is 1. The van der Waals surface area contributed by atoms with E-state index in [9.17, 15) is 17.6 Å². The van der Waals surface area contributed by atoms with Crippen molar-refractivity contribution in [3.8, 4) is 5.75 Å². The van der Waals surface area contributed by atoms with E-state index in [1.807, 2.05) is 0 Å². The molecule has 0 radical (unpaired) electrons. The maximum Gasteiger partial charge on any atom is 0.492 e. The molecule has 8 heteroatoms. The lowest BCUT2D eigenvalue weighted by Gasteiger charge is -2.12. The van der Waals surface area contributed by atoms with Gasteiger partial charge in [0.2, 0.25) is 0 Å². The average molecular weight is 252 g/mol. The van der Waals surface area contributed by atoms with E-state index in [2.05, 4.69) is 4.74 Å². The van der Waals surface area contributed by atoms with E-state index >= 15 is 0 Å². The zero-order chi connectivity index (χ0) is 13.1. The van der Waals surface area contributed by atoms with Crippen molar-refractivity contribution in [3.05, 3.63) is 24.0 Å². The Kier molecular flexibility index (Phi) is 4.36. The Bertz CT molecular complexity index is 381. The van der Waals surface area contributed by atoms with Gasteiger partial charge in [0.1, 0.15) is 11.6 Å². The Morgan fingerprint density at radius 2 is 1.88 bits per heavy atom. The van der Waals surface area contributed by atoms with Crippen LogP contribution in [-0.4, -0.2) is 29.9 Å². The highest BCUT2D eigenvalue weighted by molar-refractivity contribution is 6.59. The third-order valence-electron chi connectivity index (χ3n) is 1.90. The van der Waals surface area contributed by atoms with Gasteiger partial charge in [-0.15, -0.1) is 0 Å². The highest BCUT2D eigenvalue weighted by Crippen LogP contribution is 2.20. The zero-order valence-corrected chi connectivity index (χ0v) is 8.54. The fourth-order valence-corrected chi connectivity index (χ4v) is 1.12. The molecule has 0 unspecified atom stereocenters. The summed E-state index contributed by atoms with van der Waals surface area (Å²) in [5.74, 6) is -1.05. The van der Waals surface area contributed by atoms with Gasteiger partial charge in [0.05, 0.1) is 13.0 Å². The van der Waals surface area contributed by atoms with Crippen LogP contribution >= 0.6 is 0 Å². The second kappa shape index (κ2) is 5.37. The monoisotopic (exact) mass is 252 g/mol. The van der Waals surface area contributed by atoms with Crippen LogP contribution in [0.5, 0.6) is 5.75 Å². The first kappa shape index (κ1) is 13.8. The van der Waals surface area contributed by atoms with Gasteiger partial charge in [-0.2, -0.15) is 13.2 Å². The van der Waals surface area contributed by atoms with Crippen LogP contribution in [0.3, 0.4) is 0 Å². The maximum absolute atomic E-state index is 12.8. The number of halogens is 4. The molecule has 1 rings (SSSR count). The Morgan fingerprint density at radius 3 is 2.41 bits per heavy atom. The van der Waals surface area contributed by atoms with Crippen molar-refractivity contribution in [1.29, 1.82) is 0 Å². The lowest BCUT2D eigenvalue weighted by molar-refractivity contribution is -0.139. The predicted octanol–water partition coefficient (Wildman–Crippen LogP) is 0.837. The summed E-state index contributed by atoms with van der Waals surface area (Å²) in [6, 6.07) is 2.78. The third-order valence-corrected chi connectivity index (χ3v) is 1.90. The summed E-state index contributed by atoms with van der Waals surface area (Å²) in [6.45, 7) is -0.716. The van der Waals surface area contributed by atoms with Crippen molar-refractivity contribution in [1.82, 2.24) is 0 Å². The van der Waals surface area contributed by atoms with Crippen LogP contribution in [0.4, 0.5) is 17.6 Å². The normalized spacial score (nSPS) is 11.4. The van der Waals surface area contributed by atoms with Crippen LogP contribution in [0.2, 0.25) is 0 Å². The van der Waals surface area contributed by atoms with E-state index in [0.717, 1.165) is 18.2 Å². The maximum atomic E-state index is 12.8. The summed E-state index contributed by atoms with van der Waals surface area (Å²) >= 11 is 0. The summed E-state index contributed by atoms with van der Waals surface area (Å²) in [4.78, 5) is 0. The second-order valence-electron chi connectivity index (χ2n) is 3.27. The van der Waals surface area contributed by atoms with E-state index in [1.54, 1.807) is 0 Å². The van der Waals surface area contributed by atoms with Crippen LogP contribution in [-0.2, 0) is 0 Å². The number of rotatable bonds is 4. The van der Waals surface area contributed by atoms with Gasteiger partial charge in [0.25, 0.3) is 0 Å². The molecular weight excluding hydrogens is 243 g/mol. The molecule has 0 saturated carbocycles. The molecule has 0 saturated heterocycles. The number of alkyl halides is 3. The van der Waals surface area contributed by atoms with Crippen LogP contribution in [0.25, 0.3) is 0 Å². The van der Waals surface area contributed by atoms with Crippen molar-refractivity contribution in [2.45, 2.75) is 12.6 Å². The van der Waals surface area contributed by atoms with Gasteiger partial charge in [-0.3, -0.25) is 0 Å². The minimum Gasteiger partial charge on any atom is -0.493 e. The molecule has 1 aromatic carbocycles. The van der Waals surface area contributed by atoms with E-state index in [1.165, 1.54) is 0 Å². The molecule has 0 aliphatic heterocycles. The second-order valence-corrected chi connectivity index (χ2v) is 3.27. The van der Waals surface area contributed by atoms with Crippen LogP contribution in [0.15, 0.2) is 18.2 Å². The van der Waals surface area contributed by atoms with Gasteiger partial charge in [0.15, 0.2) is 0 Å². The SMILES string of the molecule is OB(O)c1ccc(F)cc1OCCC(F)(F)F. The van der Waals surface area contributed by atoms with Crippen LogP contribution in [0, 0.1) is 5.82 Å². The van der Waals surface area contributed by atoms with Gasteiger partial charge in [0, 0.05) is 11.5 Å². The number of ether oxygens (including phenoxy) is 1. The molecule has 0 spiro atoms. The van der Waals surface area contributed by atoms with Crippen molar-refractivity contribution in [3.63, 3.8) is 0 Å². The summed E-state index contributed by atoms with van der Waals surface area (Å²) < 4.78 is 53.0. The molecule has 1 aromatic rings. The van der Waals surface area contributed by atoms with Gasteiger partial charge in [-0.05, 0) is 6.07 Å². The van der Waals surface area contributed by atoms with Crippen molar-refractivity contribution in [2.24, 2.45) is 0 Å². The van der Waals surface area contributed by atoms with Gasteiger partial charge >= 0.3 is 13.3 Å². The Balaban J connectivity index is 2.72. The lowest BCUT2D eigenvalue weighted by atomic mass is 9.79.